The molecule has 0 spiro atoms. The molecule has 0 aliphatic carbocycles. The van der Waals surface area contributed by atoms with Gasteiger partial charge < -0.3 is 5.73 Å². The van der Waals surface area contributed by atoms with E-state index in [2.05, 4.69) is 10.5 Å². The number of hydrazone groups is 1. The van der Waals surface area contributed by atoms with Crippen LogP contribution in [0.2, 0.25) is 0 Å². The fourth-order valence-corrected chi connectivity index (χ4v) is 0.768. The molecule has 0 aliphatic heterocycles. The van der Waals surface area contributed by atoms with Crippen molar-refractivity contribution in [1.29, 1.82) is 5.26 Å². The molecule has 0 heterocycles. The molecule has 0 saturated heterocycles. The second kappa shape index (κ2) is 4.62. The summed E-state index contributed by atoms with van der Waals surface area (Å²) < 4.78 is 0. The first-order valence-corrected chi connectivity index (χ1v) is 3.82. The summed E-state index contributed by atoms with van der Waals surface area (Å²) in [7, 11) is 0. The number of nitrogens with two attached hydrogens (primary N) is 1. The number of carbonyl (C=O) groups excluding carboxylic acids is 1. The van der Waals surface area contributed by atoms with E-state index in [-0.39, 0.29) is 5.71 Å². The van der Waals surface area contributed by atoms with E-state index < -0.39 is 5.91 Å². The number of nitrogens with zero attached hydrogens (tertiary/aromatic N) is 2. The third kappa shape index (κ3) is 2.60. The predicted molar refractivity (Wildman–Crippen MR) is 52.3 cm³/mol. The van der Waals surface area contributed by atoms with Crippen LogP contribution >= 0.6 is 0 Å². The van der Waals surface area contributed by atoms with Crippen LogP contribution in [0.3, 0.4) is 0 Å². The molecule has 0 atom stereocenters. The van der Waals surface area contributed by atoms with Crippen molar-refractivity contribution in [2.45, 2.75) is 0 Å². The highest BCUT2D eigenvalue weighted by molar-refractivity contribution is 6.44. The van der Waals surface area contributed by atoms with Gasteiger partial charge in [-0.25, -0.2) is 0 Å². The number of nitriles is 1. The molecule has 1 aromatic carbocycles. The second-order valence-corrected chi connectivity index (χ2v) is 2.41. The smallest absolute Gasteiger partial charge is 0.280 e. The van der Waals surface area contributed by atoms with E-state index in [1.807, 2.05) is 6.07 Å². The summed E-state index contributed by atoms with van der Waals surface area (Å²) in [5, 5.41) is 12.0. The van der Waals surface area contributed by atoms with Gasteiger partial charge in [0.25, 0.3) is 5.91 Å². The van der Waals surface area contributed by atoms with Gasteiger partial charge in [0.15, 0.2) is 0 Å². The summed E-state index contributed by atoms with van der Waals surface area (Å²) in [5.41, 5.74) is 7.75. The standard InChI is InChI=1S/C9H8N4O/c10-6-8(9(11)14)13-12-7-4-2-1-3-5-7/h1-5,12H,(H2,11,14)/b13-8-. The van der Waals surface area contributed by atoms with Crippen molar-refractivity contribution in [2.75, 3.05) is 5.43 Å². The minimum atomic E-state index is -0.851. The average molecular weight is 188 g/mol. The Morgan fingerprint density at radius 2 is 2.07 bits per heavy atom. The number of carbonyl (C=O) groups is 1. The number of nitrogens with one attached hydrogen (secondary N) is 1. The van der Waals surface area contributed by atoms with Crippen molar-refractivity contribution in [1.82, 2.24) is 0 Å². The molecule has 0 unspecified atom stereocenters. The summed E-state index contributed by atoms with van der Waals surface area (Å²) in [5.74, 6) is -0.851. The van der Waals surface area contributed by atoms with Crippen LogP contribution in [-0.2, 0) is 4.79 Å². The minimum absolute atomic E-state index is 0.353. The van der Waals surface area contributed by atoms with E-state index >= 15 is 0 Å². The number of para-hydroxylation sites is 1. The Balaban J connectivity index is 2.73. The molecule has 1 aromatic rings. The molecule has 70 valence electrons. The Morgan fingerprint density at radius 1 is 1.43 bits per heavy atom. The van der Waals surface area contributed by atoms with E-state index in [1.165, 1.54) is 0 Å². The Labute approximate surface area is 80.8 Å². The highest BCUT2D eigenvalue weighted by Gasteiger charge is 2.03. The van der Waals surface area contributed by atoms with Gasteiger partial charge in [0.1, 0.15) is 6.07 Å². The maximum Gasteiger partial charge on any atom is 0.280 e. The van der Waals surface area contributed by atoms with E-state index in [4.69, 9.17) is 11.0 Å². The summed E-state index contributed by atoms with van der Waals surface area (Å²) in [4.78, 5) is 10.6. The van der Waals surface area contributed by atoms with Crippen LogP contribution in [0, 0.1) is 11.3 Å². The molecule has 14 heavy (non-hydrogen) atoms. The lowest BCUT2D eigenvalue weighted by Gasteiger charge is -1.98. The summed E-state index contributed by atoms with van der Waals surface area (Å²) in [6.07, 6.45) is 0. The van der Waals surface area contributed by atoms with Crippen molar-refractivity contribution in [2.24, 2.45) is 10.8 Å². The van der Waals surface area contributed by atoms with Gasteiger partial charge in [-0.1, -0.05) is 18.2 Å². The van der Waals surface area contributed by atoms with E-state index in [0.717, 1.165) is 0 Å². The Bertz CT molecular complexity index is 391. The van der Waals surface area contributed by atoms with Crippen molar-refractivity contribution in [3.63, 3.8) is 0 Å². The summed E-state index contributed by atoms with van der Waals surface area (Å²) in [6.45, 7) is 0. The summed E-state index contributed by atoms with van der Waals surface area (Å²) in [6, 6.07) is 10.5. The Kier molecular flexibility index (Phi) is 3.21. The van der Waals surface area contributed by atoms with Crippen LogP contribution in [0.4, 0.5) is 5.69 Å². The first kappa shape index (κ1) is 9.74. The zero-order valence-electron chi connectivity index (χ0n) is 7.27. The number of anilines is 1. The second-order valence-electron chi connectivity index (χ2n) is 2.41. The molecule has 0 saturated carbocycles. The minimum Gasteiger partial charge on any atom is -0.364 e. The maximum absolute atomic E-state index is 10.6. The van der Waals surface area contributed by atoms with Gasteiger partial charge in [0, 0.05) is 0 Å². The molecule has 0 aliphatic rings. The average Bonchev–Trinajstić information content (AvgIpc) is 2.20. The van der Waals surface area contributed by atoms with E-state index in [0.29, 0.717) is 5.69 Å². The fourth-order valence-electron chi connectivity index (χ4n) is 0.768. The Morgan fingerprint density at radius 3 is 2.57 bits per heavy atom. The van der Waals surface area contributed by atoms with Crippen LogP contribution < -0.4 is 11.2 Å². The molecule has 1 rings (SSSR count). The van der Waals surface area contributed by atoms with Crippen molar-refractivity contribution in [3.8, 4) is 6.07 Å². The molecular formula is C9H8N4O. The van der Waals surface area contributed by atoms with Crippen LogP contribution in [0.15, 0.2) is 35.4 Å². The predicted octanol–water partition coefficient (Wildman–Crippen LogP) is 0.463. The highest BCUT2D eigenvalue weighted by Crippen LogP contribution is 2.04. The number of rotatable bonds is 3. The molecular weight excluding hydrogens is 180 g/mol. The van der Waals surface area contributed by atoms with Gasteiger partial charge in [-0.2, -0.15) is 10.4 Å². The van der Waals surface area contributed by atoms with Crippen molar-refractivity contribution in [3.05, 3.63) is 30.3 Å². The zero-order valence-corrected chi connectivity index (χ0v) is 7.27. The maximum atomic E-state index is 10.6. The van der Waals surface area contributed by atoms with Crippen molar-refractivity contribution < 1.29 is 4.79 Å². The fraction of sp³-hybridized carbons (Fsp3) is 0. The Hall–Kier alpha value is -2.35. The lowest BCUT2D eigenvalue weighted by atomic mass is 10.3. The van der Waals surface area contributed by atoms with Crippen LogP contribution in [-0.4, -0.2) is 11.6 Å². The monoisotopic (exact) mass is 188 g/mol. The van der Waals surface area contributed by atoms with Gasteiger partial charge in [-0.05, 0) is 12.1 Å². The molecule has 0 aromatic heterocycles. The van der Waals surface area contributed by atoms with Gasteiger partial charge >= 0.3 is 0 Å². The lowest BCUT2D eigenvalue weighted by Crippen LogP contribution is -2.22. The van der Waals surface area contributed by atoms with E-state index in [1.54, 1.807) is 30.3 Å². The molecule has 3 N–H and O–H groups in total. The van der Waals surface area contributed by atoms with Gasteiger partial charge in [0.05, 0.1) is 5.69 Å². The number of hydrogen-bond acceptors (Lipinski definition) is 4. The quantitative estimate of drug-likeness (QED) is 0.533. The number of benzene rings is 1. The number of primary amides is 1. The van der Waals surface area contributed by atoms with Crippen LogP contribution in [0.1, 0.15) is 0 Å². The molecule has 0 bridgehead atoms. The molecule has 0 radical (unpaired) electrons. The third-order valence-electron chi connectivity index (χ3n) is 1.41. The molecule has 5 heteroatoms. The molecule has 1 amide bonds. The zero-order chi connectivity index (χ0) is 10.4. The number of amides is 1. The van der Waals surface area contributed by atoms with Gasteiger partial charge in [-0.3, -0.25) is 10.2 Å². The topological polar surface area (TPSA) is 91.3 Å². The lowest BCUT2D eigenvalue weighted by molar-refractivity contribution is -0.111. The SMILES string of the molecule is N#C/C(=N/Nc1ccccc1)C(N)=O. The first-order chi connectivity index (χ1) is 6.74. The third-order valence-corrected chi connectivity index (χ3v) is 1.41. The molecule has 0 fully saturated rings. The largest absolute Gasteiger partial charge is 0.364 e. The van der Waals surface area contributed by atoms with Gasteiger partial charge in [0.2, 0.25) is 5.71 Å². The van der Waals surface area contributed by atoms with Crippen LogP contribution in [0.25, 0.3) is 0 Å². The molecule has 5 nitrogen and oxygen atoms in total. The van der Waals surface area contributed by atoms with Crippen LogP contribution in [0.5, 0.6) is 0 Å². The summed E-state index contributed by atoms with van der Waals surface area (Å²) >= 11 is 0. The van der Waals surface area contributed by atoms with Crippen molar-refractivity contribution >= 4 is 17.3 Å². The number of hydrogen-bond donors (Lipinski definition) is 2. The van der Waals surface area contributed by atoms with E-state index in [9.17, 15) is 4.79 Å². The first-order valence-electron chi connectivity index (χ1n) is 3.82. The normalized spacial score (nSPS) is 10.4. The highest BCUT2D eigenvalue weighted by atomic mass is 16.1. The van der Waals surface area contributed by atoms with Gasteiger partial charge in [-0.15, -0.1) is 0 Å².